The number of hydrogen-bond acceptors (Lipinski definition) is 2. The van der Waals surface area contributed by atoms with Crippen LogP contribution < -0.4 is 4.74 Å². The van der Waals surface area contributed by atoms with Gasteiger partial charge < -0.3 is 9.64 Å². The third kappa shape index (κ3) is 3.53. The van der Waals surface area contributed by atoms with E-state index in [2.05, 4.69) is 19.9 Å². The Hall–Kier alpha value is -1.51. The zero-order valence-electron chi connectivity index (χ0n) is 12.6. The average Bonchev–Trinajstić information content (AvgIpc) is 2.47. The van der Waals surface area contributed by atoms with Gasteiger partial charge in [-0.25, -0.2) is 0 Å². The second-order valence-electron chi connectivity index (χ2n) is 5.46. The van der Waals surface area contributed by atoms with Gasteiger partial charge in [0.05, 0.1) is 6.61 Å². The zero-order chi connectivity index (χ0) is 14.4. The second-order valence-corrected chi connectivity index (χ2v) is 5.46. The van der Waals surface area contributed by atoms with Gasteiger partial charge in [0.1, 0.15) is 5.75 Å². The first-order chi connectivity index (χ1) is 9.76. The maximum absolute atomic E-state index is 12.5. The fourth-order valence-corrected chi connectivity index (χ4v) is 2.87. The summed E-state index contributed by atoms with van der Waals surface area (Å²) in [4.78, 5) is 14.5. The monoisotopic (exact) mass is 275 g/mol. The molecule has 20 heavy (non-hydrogen) atoms. The predicted octanol–water partition coefficient (Wildman–Crippen LogP) is 3.59. The SMILES string of the molecule is CCCN(CCC)C(=O)CC1CCOc2ccccc21. The number of benzene rings is 1. The quantitative estimate of drug-likeness (QED) is 0.794. The molecule has 1 amide bonds. The highest BCUT2D eigenvalue weighted by Gasteiger charge is 2.25. The van der Waals surface area contributed by atoms with E-state index in [4.69, 9.17) is 4.74 Å². The van der Waals surface area contributed by atoms with Gasteiger partial charge in [-0.2, -0.15) is 0 Å². The van der Waals surface area contributed by atoms with E-state index in [1.165, 1.54) is 5.56 Å². The van der Waals surface area contributed by atoms with Gasteiger partial charge >= 0.3 is 0 Å². The maximum atomic E-state index is 12.5. The Labute approximate surface area is 121 Å². The van der Waals surface area contributed by atoms with E-state index in [9.17, 15) is 4.79 Å². The summed E-state index contributed by atoms with van der Waals surface area (Å²) < 4.78 is 5.67. The van der Waals surface area contributed by atoms with E-state index in [1.54, 1.807) is 0 Å². The summed E-state index contributed by atoms with van der Waals surface area (Å²) >= 11 is 0. The summed E-state index contributed by atoms with van der Waals surface area (Å²) in [5.41, 5.74) is 1.19. The lowest BCUT2D eigenvalue weighted by atomic mass is 9.90. The number of amides is 1. The predicted molar refractivity (Wildman–Crippen MR) is 81.1 cm³/mol. The van der Waals surface area contributed by atoms with Crippen molar-refractivity contribution < 1.29 is 9.53 Å². The van der Waals surface area contributed by atoms with Crippen molar-refractivity contribution in [3.63, 3.8) is 0 Å². The summed E-state index contributed by atoms with van der Waals surface area (Å²) in [6, 6.07) is 8.11. The molecule has 1 aliphatic heterocycles. The van der Waals surface area contributed by atoms with E-state index in [-0.39, 0.29) is 5.91 Å². The van der Waals surface area contributed by atoms with Crippen LogP contribution in [0.1, 0.15) is 51.0 Å². The van der Waals surface area contributed by atoms with Crippen LogP contribution in [0.4, 0.5) is 0 Å². The van der Waals surface area contributed by atoms with Crippen LogP contribution in [-0.2, 0) is 4.79 Å². The summed E-state index contributed by atoms with van der Waals surface area (Å²) in [6.45, 7) is 6.71. The minimum absolute atomic E-state index is 0.287. The molecule has 0 saturated carbocycles. The van der Waals surface area contributed by atoms with Crippen molar-refractivity contribution in [3.05, 3.63) is 29.8 Å². The average molecular weight is 275 g/mol. The van der Waals surface area contributed by atoms with Crippen molar-refractivity contribution in [2.24, 2.45) is 0 Å². The van der Waals surface area contributed by atoms with Crippen LogP contribution in [0.5, 0.6) is 5.75 Å². The Balaban J connectivity index is 2.04. The third-order valence-corrected chi connectivity index (χ3v) is 3.84. The fraction of sp³-hybridized carbons (Fsp3) is 0.588. The Bertz CT molecular complexity index is 438. The number of nitrogens with zero attached hydrogens (tertiary/aromatic N) is 1. The normalized spacial score (nSPS) is 17.2. The van der Waals surface area contributed by atoms with E-state index in [0.717, 1.165) is 44.7 Å². The number of carbonyl (C=O) groups is 1. The molecule has 0 aliphatic carbocycles. The molecule has 1 aromatic carbocycles. The van der Waals surface area contributed by atoms with Crippen molar-refractivity contribution in [1.82, 2.24) is 4.90 Å². The molecule has 1 unspecified atom stereocenters. The molecule has 0 fully saturated rings. The Morgan fingerprint density at radius 3 is 2.65 bits per heavy atom. The van der Waals surface area contributed by atoms with Crippen LogP contribution in [-0.4, -0.2) is 30.5 Å². The summed E-state index contributed by atoms with van der Waals surface area (Å²) in [7, 11) is 0. The van der Waals surface area contributed by atoms with Crippen molar-refractivity contribution in [1.29, 1.82) is 0 Å². The molecule has 0 N–H and O–H groups in total. The molecule has 0 spiro atoms. The summed E-state index contributed by atoms with van der Waals surface area (Å²) in [5.74, 6) is 1.55. The van der Waals surface area contributed by atoms with Crippen molar-refractivity contribution in [2.75, 3.05) is 19.7 Å². The molecule has 1 atom stereocenters. The molecule has 1 heterocycles. The Kier molecular flexibility index (Phi) is 5.45. The highest BCUT2D eigenvalue weighted by molar-refractivity contribution is 5.77. The molecule has 3 heteroatoms. The van der Waals surface area contributed by atoms with E-state index >= 15 is 0 Å². The van der Waals surface area contributed by atoms with Gasteiger partial charge in [-0.3, -0.25) is 4.79 Å². The molecular formula is C17H25NO2. The van der Waals surface area contributed by atoms with Gasteiger partial charge in [-0.15, -0.1) is 0 Å². The fourth-order valence-electron chi connectivity index (χ4n) is 2.87. The third-order valence-electron chi connectivity index (χ3n) is 3.84. The lowest BCUT2D eigenvalue weighted by Gasteiger charge is -2.28. The first-order valence-electron chi connectivity index (χ1n) is 7.75. The Morgan fingerprint density at radius 2 is 1.95 bits per heavy atom. The van der Waals surface area contributed by atoms with E-state index in [1.807, 2.05) is 23.1 Å². The molecule has 0 bridgehead atoms. The van der Waals surface area contributed by atoms with Gasteiger partial charge in [0.2, 0.25) is 5.91 Å². The molecule has 0 radical (unpaired) electrons. The highest BCUT2D eigenvalue weighted by atomic mass is 16.5. The Morgan fingerprint density at radius 1 is 1.25 bits per heavy atom. The standard InChI is InChI=1S/C17H25NO2/c1-3-10-18(11-4-2)17(19)13-14-9-12-20-16-8-6-5-7-15(14)16/h5-8,14H,3-4,9-13H2,1-2H3. The molecule has 110 valence electrons. The van der Waals surface area contributed by atoms with Crippen molar-refractivity contribution >= 4 is 5.91 Å². The second kappa shape index (κ2) is 7.32. The first-order valence-corrected chi connectivity index (χ1v) is 7.75. The van der Waals surface area contributed by atoms with E-state index in [0.29, 0.717) is 12.3 Å². The summed E-state index contributed by atoms with van der Waals surface area (Å²) in [5, 5.41) is 0. The number of fused-ring (bicyclic) bond motifs is 1. The highest BCUT2D eigenvalue weighted by Crippen LogP contribution is 2.35. The number of rotatable bonds is 6. The number of ether oxygens (including phenoxy) is 1. The van der Waals surface area contributed by atoms with Gasteiger partial charge in [0.25, 0.3) is 0 Å². The van der Waals surface area contributed by atoms with Crippen molar-refractivity contribution in [3.8, 4) is 5.75 Å². The van der Waals surface area contributed by atoms with Gasteiger partial charge in [0, 0.05) is 19.5 Å². The van der Waals surface area contributed by atoms with Crippen LogP contribution in [0.3, 0.4) is 0 Å². The number of hydrogen-bond donors (Lipinski definition) is 0. The van der Waals surface area contributed by atoms with Crippen molar-refractivity contribution in [2.45, 2.75) is 45.4 Å². The molecule has 1 aliphatic rings. The molecule has 1 aromatic rings. The molecule has 0 aromatic heterocycles. The van der Waals surface area contributed by atoms with E-state index < -0.39 is 0 Å². The minimum Gasteiger partial charge on any atom is -0.493 e. The minimum atomic E-state index is 0.287. The van der Waals surface area contributed by atoms with Gasteiger partial charge in [-0.1, -0.05) is 32.0 Å². The van der Waals surface area contributed by atoms with Crippen LogP contribution in [0.2, 0.25) is 0 Å². The largest absolute Gasteiger partial charge is 0.493 e. The molecule has 0 saturated heterocycles. The molecule has 3 nitrogen and oxygen atoms in total. The zero-order valence-corrected chi connectivity index (χ0v) is 12.6. The maximum Gasteiger partial charge on any atom is 0.223 e. The van der Waals surface area contributed by atoms with Crippen LogP contribution in [0.25, 0.3) is 0 Å². The first kappa shape index (κ1) is 14.9. The van der Waals surface area contributed by atoms with Gasteiger partial charge in [0.15, 0.2) is 0 Å². The smallest absolute Gasteiger partial charge is 0.223 e. The topological polar surface area (TPSA) is 29.5 Å². The summed E-state index contributed by atoms with van der Waals surface area (Å²) in [6.07, 6.45) is 3.60. The molecular weight excluding hydrogens is 250 g/mol. The lowest BCUT2D eigenvalue weighted by molar-refractivity contribution is -0.131. The number of carbonyl (C=O) groups excluding carboxylic acids is 1. The van der Waals surface area contributed by atoms with Gasteiger partial charge in [-0.05, 0) is 36.8 Å². The van der Waals surface area contributed by atoms with Crippen LogP contribution in [0.15, 0.2) is 24.3 Å². The van der Waals surface area contributed by atoms with Crippen LogP contribution in [0, 0.1) is 0 Å². The molecule has 2 rings (SSSR count). The van der Waals surface area contributed by atoms with Crippen LogP contribution >= 0.6 is 0 Å². The number of para-hydroxylation sites is 1. The lowest BCUT2D eigenvalue weighted by Crippen LogP contribution is -2.34.